The van der Waals surface area contributed by atoms with E-state index in [0.717, 1.165) is 6.07 Å². The van der Waals surface area contributed by atoms with Gasteiger partial charge >= 0.3 is 6.18 Å². The molecule has 0 saturated carbocycles. The number of fused-ring (bicyclic) bond motifs is 1. The van der Waals surface area contributed by atoms with Crippen LogP contribution in [0.4, 0.5) is 18.9 Å². The van der Waals surface area contributed by atoms with Gasteiger partial charge in [0, 0.05) is 23.7 Å². The third-order valence-corrected chi connectivity index (χ3v) is 2.16. The lowest BCUT2D eigenvalue weighted by atomic mass is 10.1. The number of aromatic amines is 1. The van der Waals surface area contributed by atoms with Gasteiger partial charge in [-0.15, -0.1) is 0 Å². The molecule has 0 unspecified atom stereocenters. The van der Waals surface area contributed by atoms with E-state index in [2.05, 4.69) is 4.98 Å². The Morgan fingerprint density at radius 1 is 1.31 bits per heavy atom. The molecule has 1 aromatic carbocycles. The van der Waals surface area contributed by atoms with Crippen LogP contribution in [0.25, 0.3) is 10.9 Å². The van der Waals surface area contributed by atoms with Gasteiger partial charge in [-0.3, -0.25) is 10.1 Å². The van der Waals surface area contributed by atoms with Gasteiger partial charge in [-0.1, -0.05) is 0 Å². The molecule has 7 heteroatoms. The molecule has 0 amide bonds. The number of nitrogens with zero attached hydrogens (tertiary/aromatic N) is 1. The normalized spacial score (nSPS) is 11.9. The largest absolute Gasteiger partial charge is 0.418 e. The SMILES string of the molecule is O=[N+]([O-])c1cc(C(F)(F)F)c2[nH]ccc2c1. The van der Waals surface area contributed by atoms with Crippen LogP contribution in [0.1, 0.15) is 5.56 Å². The van der Waals surface area contributed by atoms with Crippen molar-refractivity contribution in [3.8, 4) is 0 Å². The number of H-pyrrole nitrogens is 1. The predicted octanol–water partition coefficient (Wildman–Crippen LogP) is 3.09. The van der Waals surface area contributed by atoms with Crippen molar-refractivity contribution in [3.63, 3.8) is 0 Å². The number of nitro groups is 1. The maximum atomic E-state index is 12.6. The van der Waals surface area contributed by atoms with Crippen molar-refractivity contribution in [2.45, 2.75) is 6.18 Å². The highest BCUT2D eigenvalue weighted by Gasteiger charge is 2.35. The summed E-state index contributed by atoms with van der Waals surface area (Å²) in [6.07, 6.45) is -3.31. The molecular formula is C9H5F3N2O2. The van der Waals surface area contributed by atoms with Crippen molar-refractivity contribution < 1.29 is 18.1 Å². The topological polar surface area (TPSA) is 58.9 Å². The highest BCUT2D eigenvalue weighted by Crippen LogP contribution is 2.36. The smallest absolute Gasteiger partial charge is 0.361 e. The summed E-state index contributed by atoms with van der Waals surface area (Å²) in [6.45, 7) is 0. The highest BCUT2D eigenvalue weighted by atomic mass is 19.4. The molecule has 4 nitrogen and oxygen atoms in total. The maximum absolute atomic E-state index is 12.6. The Balaban J connectivity index is 2.79. The molecule has 1 heterocycles. The lowest BCUT2D eigenvalue weighted by Gasteiger charge is -2.07. The molecular weight excluding hydrogens is 225 g/mol. The highest BCUT2D eigenvalue weighted by molar-refractivity contribution is 5.85. The lowest BCUT2D eigenvalue weighted by molar-refractivity contribution is -0.385. The van der Waals surface area contributed by atoms with Crippen LogP contribution in [-0.4, -0.2) is 9.91 Å². The Labute approximate surface area is 86.8 Å². The lowest BCUT2D eigenvalue weighted by Crippen LogP contribution is -2.06. The standard InChI is InChI=1S/C9H5F3N2O2/c10-9(11,12)7-4-6(14(15)16)3-5-1-2-13-8(5)7/h1-4,13H. The molecule has 1 aromatic heterocycles. The van der Waals surface area contributed by atoms with Gasteiger partial charge in [0.2, 0.25) is 0 Å². The van der Waals surface area contributed by atoms with E-state index in [0.29, 0.717) is 6.07 Å². The average Bonchev–Trinajstić information content (AvgIpc) is 2.61. The minimum Gasteiger partial charge on any atom is -0.361 e. The summed E-state index contributed by atoms with van der Waals surface area (Å²) in [4.78, 5) is 12.0. The zero-order valence-electron chi connectivity index (χ0n) is 7.71. The van der Waals surface area contributed by atoms with Gasteiger partial charge in [-0.25, -0.2) is 0 Å². The van der Waals surface area contributed by atoms with Gasteiger partial charge in [0.25, 0.3) is 5.69 Å². The summed E-state index contributed by atoms with van der Waals surface area (Å²) in [5.74, 6) is 0. The molecule has 2 aromatic rings. The van der Waals surface area contributed by atoms with Crippen molar-refractivity contribution in [3.05, 3.63) is 40.1 Å². The number of rotatable bonds is 1. The van der Waals surface area contributed by atoms with Crippen molar-refractivity contribution >= 4 is 16.6 Å². The zero-order chi connectivity index (χ0) is 11.9. The van der Waals surface area contributed by atoms with Crippen LogP contribution < -0.4 is 0 Å². The van der Waals surface area contributed by atoms with Gasteiger partial charge < -0.3 is 4.98 Å². The molecule has 0 atom stereocenters. The fourth-order valence-electron chi connectivity index (χ4n) is 1.48. The number of hydrogen-bond donors (Lipinski definition) is 1. The van der Waals surface area contributed by atoms with Crippen molar-refractivity contribution in [2.24, 2.45) is 0 Å². The predicted molar refractivity (Wildman–Crippen MR) is 50.0 cm³/mol. The van der Waals surface area contributed by atoms with E-state index in [-0.39, 0.29) is 10.9 Å². The Morgan fingerprint density at radius 2 is 2.00 bits per heavy atom. The molecule has 0 aliphatic carbocycles. The van der Waals surface area contributed by atoms with E-state index in [1.54, 1.807) is 0 Å². The Kier molecular flexibility index (Phi) is 2.11. The number of nitro benzene ring substituents is 1. The summed E-state index contributed by atoms with van der Waals surface area (Å²) in [5.41, 5.74) is -1.74. The quantitative estimate of drug-likeness (QED) is 0.604. The van der Waals surface area contributed by atoms with Crippen LogP contribution in [0.3, 0.4) is 0 Å². The fourth-order valence-corrected chi connectivity index (χ4v) is 1.48. The van der Waals surface area contributed by atoms with Crippen LogP contribution >= 0.6 is 0 Å². The van der Waals surface area contributed by atoms with Crippen LogP contribution in [0.2, 0.25) is 0 Å². The second kappa shape index (κ2) is 3.22. The van der Waals surface area contributed by atoms with Crippen LogP contribution in [0.5, 0.6) is 0 Å². The minimum atomic E-state index is -4.62. The van der Waals surface area contributed by atoms with E-state index < -0.39 is 22.4 Å². The number of halogens is 3. The first kappa shape index (κ1) is 10.5. The van der Waals surface area contributed by atoms with E-state index in [1.807, 2.05) is 0 Å². The van der Waals surface area contributed by atoms with Gasteiger partial charge in [0.1, 0.15) is 0 Å². The first-order chi connectivity index (χ1) is 7.39. The average molecular weight is 230 g/mol. The molecule has 84 valence electrons. The van der Waals surface area contributed by atoms with Crippen LogP contribution in [0.15, 0.2) is 24.4 Å². The van der Waals surface area contributed by atoms with Crippen molar-refractivity contribution in [2.75, 3.05) is 0 Å². The van der Waals surface area contributed by atoms with Gasteiger partial charge in [0.15, 0.2) is 0 Å². The monoisotopic (exact) mass is 230 g/mol. The molecule has 2 rings (SSSR count). The van der Waals surface area contributed by atoms with E-state index in [4.69, 9.17) is 0 Å². The Bertz CT molecular complexity index is 559. The Morgan fingerprint density at radius 3 is 2.56 bits per heavy atom. The molecule has 0 fully saturated rings. The zero-order valence-corrected chi connectivity index (χ0v) is 7.71. The second-order valence-electron chi connectivity index (χ2n) is 3.19. The summed E-state index contributed by atoms with van der Waals surface area (Å²) in [5, 5.41) is 10.6. The van der Waals surface area contributed by atoms with Gasteiger partial charge in [-0.2, -0.15) is 13.2 Å². The number of non-ortho nitro benzene ring substituents is 1. The van der Waals surface area contributed by atoms with E-state index >= 15 is 0 Å². The molecule has 16 heavy (non-hydrogen) atoms. The summed E-state index contributed by atoms with van der Waals surface area (Å²) in [7, 11) is 0. The number of benzene rings is 1. The summed E-state index contributed by atoms with van der Waals surface area (Å²) < 4.78 is 37.8. The summed E-state index contributed by atoms with van der Waals surface area (Å²) in [6, 6.07) is 2.98. The summed E-state index contributed by atoms with van der Waals surface area (Å²) >= 11 is 0. The molecule has 0 aliphatic heterocycles. The van der Waals surface area contributed by atoms with E-state index in [1.165, 1.54) is 12.3 Å². The Hall–Kier alpha value is -2.05. The van der Waals surface area contributed by atoms with Crippen LogP contribution in [0, 0.1) is 10.1 Å². The molecule has 0 aliphatic rings. The van der Waals surface area contributed by atoms with E-state index in [9.17, 15) is 23.3 Å². The number of aromatic nitrogens is 1. The molecule has 0 saturated heterocycles. The fraction of sp³-hybridized carbons (Fsp3) is 0.111. The third-order valence-electron chi connectivity index (χ3n) is 2.16. The maximum Gasteiger partial charge on any atom is 0.418 e. The third kappa shape index (κ3) is 1.60. The number of alkyl halides is 3. The molecule has 1 N–H and O–H groups in total. The molecule has 0 spiro atoms. The second-order valence-corrected chi connectivity index (χ2v) is 3.19. The molecule has 0 radical (unpaired) electrons. The number of hydrogen-bond acceptors (Lipinski definition) is 2. The minimum absolute atomic E-state index is 0.141. The van der Waals surface area contributed by atoms with Crippen LogP contribution in [-0.2, 0) is 6.18 Å². The molecule has 0 bridgehead atoms. The van der Waals surface area contributed by atoms with Crippen molar-refractivity contribution in [1.29, 1.82) is 0 Å². The first-order valence-electron chi connectivity index (χ1n) is 4.22. The van der Waals surface area contributed by atoms with Gasteiger partial charge in [0.05, 0.1) is 16.0 Å². The van der Waals surface area contributed by atoms with Gasteiger partial charge in [-0.05, 0) is 6.07 Å². The first-order valence-corrected chi connectivity index (χ1v) is 4.22. The van der Waals surface area contributed by atoms with Crippen molar-refractivity contribution in [1.82, 2.24) is 4.98 Å². The number of nitrogens with one attached hydrogen (secondary N) is 1.